The van der Waals surface area contributed by atoms with Gasteiger partial charge in [0.25, 0.3) is 0 Å². The van der Waals surface area contributed by atoms with Crippen LogP contribution in [-0.4, -0.2) is 23.7 Å². The van der Waals surface area contributed by atoms with E-state index in [0.717, 1.165) is 0 Å². The molecular formula is C19H16Cl2O5. The van der Waals surface area contributed by atoms with Gasteiger partial charge in [0.1, 0.15) is 17.9 Å². The molecule has 136 valence electrons. The summed E-state index contributed by atoms with van der Waals surface area (Å²) in [7, 11) is 0. The van der Waals surface area contributed by atoms with Crippen LogP contribution in [0.5, 0.6) is 5.75 Å². The van der Waals surface area contributed by atoms with Crippen LogP contribution in [0.25, 0.3) is 6.08 Å². The molecule has 0 aliphatic rings. The monoisotopic (exact) mass is 394 g/mol. The van der Waals surface area contributed by atoms with Crippen molar-refractivity contribution in [2.75, 3.05) is 6.61 Å². The Hall–Kier alpha value is -2.50. The molecule has 0 saturated heterocycles. The van der Waals surface area contributed by atoms with Crippen LogP contribution in [0.3, 0.4) is 0 Å². The molecular weight excluding hydrogens is 379 g/mol. The van der Waals surface area contributed by atoms with Gasteiger partial charge in [0.05, 0.1) is 6.61 Å². The zero-order valence-electron chi connectivity index (χ0n) is 13.9. The average Bonchev–Trinajstić information content (AvgIpc) is 2.60. The number of carbonyl (C=O) groups is 2. The highest BCUT2D eigenvalue weighted by Crippen LogP contribution is 2.26. The highest BCUT2D eigenvalue weighted by atomic mass is 35.5. The van der Waals surface area contributed by atoms with Crippen molar-refractivity contribution < 1.29 is 24.2 Å². The number of halogens is 2. The second-order valence-corrected chi connectivity index (χ2v) is 5.96. The lowest BCUT2D eigenvalue weighted by Crippen LogP contribution is -2.15. The van der Waals surface area contributed by atoms with Gasteiger partial charge in [-0.2, -0.15) is 0 Å². The van der Waals surface area contributed by atoms with Gasteiger partial charge in [-0.1, -0.05) is 41.4 Å². The molecule has 0 aromatic heterocycles. The number of esters is 1. The van der Waals surface area contributed by atoms with E-state index in [1.807, 2.05) is 0 Å². The topological polar surface area (TPSA) is 72.8 Å². The van der Waals surface area contributed by atoms with Crippen LogP contribution >= 0.6 is 23.2 Å². The molecule has 2 aromatic carbocycles. The molecule has 0 fully saturated rings. The van der Waals surface area contributed by atoms with Gasteiger partial charge in [-0.05, 0) is 42.8 Å². The zero-order chi connectivity index (χ0) is 19.1. The summed E-state index contributed by atoms with van der Waals surface area (Å²) in [4.78, 5) is 22.8. The molecule has 0 heterocycles. The maximum atomic E-state index is 11.7. The number of carboxylic acid groups (broad SMARTS) is 1. The first-order chi connectivity index (χ1) is 12.4. The highest BCUT2D eigenvalue weighted by Gasteiger charge is 2.18. The molecule has 0 amide bonds. The van der Waals surface area contributed by atoms with E-state index >= 15 is 0 Å². The predicted octanol–water partition coefficient (Wildman–Crippen LogP) is 4.60. The first kappa shape index (κ1) is 19.8. The Labute approximate surface area is 160 Å². The lowest BCUT2D eigenvalue weighted by Gasteiger charge is -2.09. The van der Waals surface area contributed by atoms with Crippen LogP contribution in [0.4, 0.5) is 0 Å². The Kier molecular flexibility index (Phi) is 7.06. The molecule has 7 heteroatoms. The third-order valence-corrected chi connectivity index (χ3v) is 4.07. The van der Waals surface area contributed by atoms with Gasteiger partial charge in [-0.25, -0.2) is 9.59 Å². The van der Waals surface area contributed by atoms with Crippen molar-refractivity contribution in [2.24, 2.45) is 0 Å². The SMILES string of the molecule is CCOC(=O)C(=Cc1ccc(OCc2c(Cl)cccc2Cl)cc1)C(=O)O. The minimum Gasteiger partial charge on any atom is -0.489 e. The first-order valence-corrected chi connectivity index (χ1v) is 8.45. The van der Waals surface area contributed by atoms with Gasteiger partial charge in [-0.15, -0.1) is 0 Å². The van der Waals surface area contributed by atoms with E-state index < -0.39 is 17.5 Å². The van der Waals surface area contributed by atoms with Gasteiger partial charge in [0.15, 0.2) is 0 Å². The molecule has 0 aliphatic carbocycles. The number of hydrogen-bond acceptors (Lipinski definition) is 4. The molecule has 0 aliphatic heterocycles. The van der Waals surface area contributed by atoms with E-state index in [0.29, 0.717) is 26.9 Å². The maximum absolute atomic E-state index is 11.7. The first-order valence-electron chi connectivity index (χ1n) is 7.70. The van der Waals surface area contributed by atoms with E-state index in [2.05, 4.69) is 0 Å². The third kappa shape index (κ3) is 5.25. The number of aliphatic carboxylic acids is 1. The van der Waals surface area contributed by atoms with Crippen molar-refractivity contribution in [3.05, 3.63) is 69.2 Å². The summed E-state index contributed by atoms with van der Waals surface area (Å²) in [5, 5.41) is 10.2. The van der Waals surface area contributed by atoms with Crippen LogP contribution in [0.2, 0.25) is 10.0 Å². The summed E-state index contributed by atoms with van der Waals surface area (Å²) in [5.74, 6) is -1.68. The Morgan fingerprint density at radius 2 is 1.69 bits per heavy atom. The summed E-state index contributed by atoms with van der Waals surface area (Å²) < 4.78 is 10.4. The second-order valence-electron chi connectivity index (χ2n) is 5.14. The van der Waals surface area contributed by atoms with Crippen LogP contribution in [-0.2, 0) is 20.9 Å². The molecule has 0 saturated carbocycles. The number of carboxylic acids is 1. The molecule has 5 nitrogen and oxygen atoms in total. The number of benzene rings is 2. The average molecular weight is 395 g/mol. The summed E-state index contributed by atoms with van der Waals surface area (Å²) in [6.07, 6.45) is 1.25. The smallest absolute Gasteiger partial charge is 0.345 e. The second kappa shape index (κ2) is 9.27. The van der Waals surface area contributed by atoms with E-state index in [1.54, 1.807) is 49.4 Å². The van der Waals surface area contributed by atoms with Gasteiger partial charge in [-0.3, -0.25) is 0 Å². The van der Waals surface area contributed by atoms with E-state index in [-0.39, 0.29) is 13.2 Å². The summed E-state index contributed by atoms with van der Waals surface area (Å²) in [6.45, 7) is 1.90. The highest BCUT2D eigenvalue weighted by molar-refractivity contribution is 6.35. The molecule has 1 N–H and O–H groups in total. The van der Waals surface area contributed by atoms with Gasteiger partial charge < -0.3 is 14.6 Å². The molecule has 26 heavy (non-hydrogen) atoms. The van der Waals surface area contributed by atoms with Crippen molar-refractivity contribution in [1.29, 1.82) is 0 Å². The Bertz CT molecular complexity index is 808. The van der Waals surface area contributed by atoms with Crippen molar-refractivity contribution in [1.82, 2.24) is 0 Å². The van der Waals surface area contributed by atoms with Crippen molar-refractivity contribution in [3.8, 4) is 5.75 Å². The summed E-state index contributed by atoms with van der Waals surface area (Å²) in [6, 6.07) is 11.8. The molecule has 0 bridgehead atoms. The van der Waals surface area contributed by atoms with E-state index in [4.69, 9.17) is 37.8 Å². The zero-order valence-corrected chi connectivity index (χ0v) is 15.4. The van der Waals surface area contributed by atoms with Crippen LogP contribution in [0.1, 0.15) is 18.1 Å². The molecule has 0 atom stereocenters. The van der Waals surface area contributed by atoms with Gasteiger partial charge in [0, 0.05) is 15.6 Å². The van der Waals surface area contributed by atoms with Gasteiger partial charge in [0.2, 0.25) is 0 Å². The largest absolute Gasteiger partial charge is 0.489 e. The minimum atomic E-state index is -1.35. The van der Waals surface area contributed by atoms with Crippen molar-refractivity contribution in [2.45, 2.75) is 13.5 Å². The van der Waals surface area contributed by atoms with Crippen LogP contribution in [0, 0.1) is 0 Å². The van der Waals surface area contributed by atoms with E-state index in [9.17, 15) is 9.59 Å². The normalized spacial score (nSPS) is 11.1. The fourth-order valence-corrected chi connectivity index (χ4v) is 2.58. The fourth-order valence-electron chi connectivity index (χ4n) is 2.07. The minimum absolute atomic E-state index is 0.0981. The Morgan fingerprint density at radius 3 is 2.23 bits per heavy atom. The number of hydrogen-bond donors (Lipinski definition) is 1. The van der Waals surface area contributed by atoms with Crippen molar-refractivity contribution in [3.63, 3.8) is 0 Å². The summed E-state index contributed by atoms with van der Waals surface area (Å²) in [5.41, 5.74) is 0.761. The summed E-state index contributed by atoms with van der Waals surface area (Å²) >= 11 is 12.2. The number of ether oxygens (including phenoxy) is 2. The predicted molar refractivity (Wildman–Crippen MR) is 99.5 cm³/mol. The van der Waals surface area contributed by atoms with Gasteiger partial charge >= 0.3 is 11.9 Å². The number of rotatable bonds is 7. The molecule has 0 unspecified atom stereocenters. The van der Waals surface area contributed by atoms with E-state index in [1.165, 1.54) is 6.08 Å². The Balaban J connectivity index is 2.11. The standard InChI is InChI=1S/C19H16Cl2O5/c1-2-25-19(24)14(18(22)23)10-12-6-8-13(9-7-12)26-11-15-16(20)4-3-5-17(15)21/h3-10H,2,11H2,1H3,(H,22,23). The van der Waals surface area contributed by atoms with Crippen LogP contribution < -0.4 is 4.74 Å². The molecule has 2 rings (SSSR count). The lowest BCUT2D eigenvalue weighted by atomic mass is 10.1. The molecule has 0 radical (unpaired) electrons. The quantitative estimate of drug-likeness (QED) is 0.321. The number of carbonyl (C=O) groups excluding carboxylic acids is 1. The molecule has 0 spiro atoms. The molecule has 2 aromatic rings. The Morgan fingerprint density at radius 1 is 1.08 bits per heavy atom. The third-order valence-electron chi connectivity index (χ3n) is 3.36. The van der Waals surface area contributed by atoms with Crippen LogP contribution in [0.15, 0.2) is 48.0 Å². The fraction of sp³-hybridized carbons (Fsp3) is 0.158. The van der Waals surface area contributed by atoms with Crippen molar-refractivity contribution >= 4 is 41.2 Å². The lowest BCUT2D eigenvalue weighted by molar-refractivity contribution is -0.143. The maximum Gasteiger partial charge on any atom is 0.345 e.